The van der Waals surface area contributed by atoms with Gasteiger partial charge in [0.25, 0.3) is 0 Å². The molecule has 6 nitrogen and oxygen atoms in total. The van der Waals surface area contributed by atoms with Gasteiger partial charge >= 0.3 is 0 Å². The highest BCUT2D eigenvalue weighted by Crippen LogP contribution is 2.22. The zero-order valence-corrected chi connectivity index (χ0v) is 18.1. The van der Waals surface area contributed by atoms with Crippen LogP contribution in [0.3, 0.4) is 0 Å². The number of guanidine groups is 1. The largest absolute Gasteiger partial charge is 0.497 e. The Kier molecular flexibility index (Phi) is 8.94. The molecule has 0 aliphatic carbocycles. The van der Waals surface area contributed by atoms with Gasteiger partial charge in [-0.1, -0.05) is 12.1 Å². The molecule has 0 saturated carbocycles. The number of halogens is 1. The Labute approximate surface area is 173 Å². The number of methoxy groups -OCH3 is 1. The number of hydrogen-bond acceptors (Lipinski definition) is 4. The third-order valence-corrected chi connectivity index (χ3v) is 4.88. The van der Waals surface area contributed by atoms with E-state index in [1.54, 1.807) is 7.11 Å². The number of morpholine rings is 1. The van der Waals surface area contributed by atoms with Gasteiger partial charge in [0, 0.05) is 25.7 Å². The molecule has 3 rings (SSSR count). The number of nitrogens with zero attached hydrogens (tertiary/aromatic N) is 2. The van der Waals surface area contributed by atoms with Gasteiger partial charge in [-0.25, -0.2) is 4.99 Å². The SMILES string of the molecule is CCNC(=NCc1ccc(OC)cc1)NCC1CN2CCCC2CO1.I. The van der Waals surface area contributed by atoms with E-state index in [4.69, 9.17) is 9.47 Å². The topological polar surface area (TPSA) is 58.1 Å². The minimum atomic E-state index is 0. The summed E-state index contributed by atoms with van der Waals surface area (Å²) < 4.78 is 11.2. The van der Waals surface area contributed by atoms with E-state index in [2.05, 4.69) is 27.4 Å². The molecule has 26 heavy (non-hydrogen) atoms. The van der Waals surface area contributed by atoms with E-state index in [9.17, 15) is 0 Å². The second-order valence-electron chi connectivity index (χ2n) is 6.67. The van der Waals surface area contributed by atoms with Crippen LogP contribution in [0.2, 0.25) is 0 Å². The summed E-state index contributed by atoms with van der Waals surface area (Å²) in [5.41, 5.74) is 1.16. The molecule has 2 saturated heterocycles. The van der Waals surface area contributed by atoms with E-state index >= 15 is 0 Å². The Bertz CT molecular complexity index is 567. The van der Waals surface area contributed by atoms with Gasteiger partial charge in [-0.2, -0.15) is 0 Å². The molecule has 0 aromatic heterocycles. The predicted molar refractivity (Wildman–Crippen MR) is 116 cm³/mol. The second-order valence-corrected chi connectivity index (χ2v) is 6.67. The first kappa shape index (κ1) is 21.2. The van der Waals surface area contributed by atoms with Crippen LogP contribution in [0.25, 0.3) is 0 Å². The molecule has 2 aliphatic heterocycles. The Morgan fingerprint density at radius 2 is 2.12 bits per heavy atom. The fourth-order valence-corrected chi connectivity index (χ4v) is 3.46. The first-order valence-corrected chi connectivity index (χ1v) is 9.29. The molecule has 2 N–H and O–H groups in total. The van der Waals surface area contributed by atoms with Crippen LogP contribution in [0.1, 0.15) is 25.3 Å². The van der Waals surface area contributed by atoms with Gasteiger partial charge in [-0.05, 0) is 44.0 Å². The van der Waals surface area contributed by atoms with Gasteiger partial charge in [0.05, 0.1) is 26.4 Å². The predicted octanol–water partition coefficient (Wildman–Crippen LogP) is 2.23. The van der Waals surface area contributed by atoms with Crippen LogP contribution in [0.15, 0.2) is 29.3 Å². The molecule has 7 heteroatoms. The third kappa shape index (κ3) is 5.99. The monoisotopic (exact) mass is 474 g/mol. The average molecular weight is 474 g/mol. The molecule has 146 valence electrons. The van der Waals surface area contributed by atoms with Crippen LogP contribution >= 0.6 is 24.0 Å². The average Bonchev–Trinajstić information content (AvgIpc) is 3.12. The normalized spacial score (nSPS) is 23.1. The van der Waals surface area contributed by atoms with E-state index in [0.29, 0.717) is 12.6 Å². The molecule has 2 atom stereocenters. The summed E-state index contributed by atoms with van der Waals surface area (Å²) in [6.07, 6.45) is 2.82. The van der Waals surface area contributed by atoms with Crippen LogP contribution < -0.4 is 15.4 Å². The first-order valence-electron chi connectivity index (χ1n) is 9.29. The van der Waals surface area contributed by atoms with E-state index < -0.39 is 0 Å². The Hall–Kier alpha value is -1.06. The van der Waals surface area contributed by atoms with Gasteiger partial charge in [0.2, 0.25) is 0 Å². The zero-order chi connectivity index (χ0) is 17.5. The molecule has 2 heterocycles. The lowest BCUT2D eigenvalue weighted by molar-refractivity contribution is -0.0453. The van der Waals surface area contributed by atoms with Crippen molar-refractivity contribution in [2.75, 3.05) is 39.9 Å². The van der Waals surface area contributed by atoms with E-state index in [1.807, 2.05) is 24.3 Å². The molecule has 2 fully saturated rings. The van der Waals surface area contributed by atoms with E-state index in [1.165, 1.54) is 19.4 Å². The van der Waals surface area contributed by atoms with Crippen molar-refractivity contribution >= 4 is 29.9 Å². The number of fused-ring (bicyclic) bond motifs is 1. The quantitative estimate of drug-likeness (QED) is 0.377. The first-order chi connectivity index (χ1) is 12.3. The number of benzene rings is 1. The Morgan fingerprint density at radius 1 is 1.31 bits per heavy atom. The van der Waals surface area contributed by atoms with Gasteiger partial charge in [0.15, 0.2) is 5.96 Å². The van der Waals surface area contributed by atoms with Crippen LogP contribution in [0.5, 0.6) is 5.75 Å². The summed E-state index contributed by atoms with van der Waals surface area (Å²) in [6, 6.07) is 8.67. The van der Waals surface area contributed by atoms with Crippen molar-refractivity contribution in [2.45, 2.75) is 38.5 Å². The number of hydrogen-bond donors (Lipinski definition) is 2. The number of ether oxygens (including phenoxy) is 2. The molecule has 0 radical (unpaired) electrons. The Balaban J connectivity index is 0.00000243. The lowest BCUT2D eigenvalue weighted by atomic mass is 10.2. The minimum absolute atomic E-state index is 0. The standard InChI is InChI=1S/C19H30N4O2.HI/c1-3-20-19(21-11-15-6-8-17(24-2)9-7-15)22-12-18-13-23-10-4-5-16(23)14-25-18;/h6-9,16,18H,3-5,10-14H2,1-2H3,(H2,20,21,22);1H. The summed E-state index contributed by atoms with van der Waals surface area (Å²) in [6.45, 7) is 7.46. The van der Waals surface area contributed by atoms with Gasteiger partial charge in [0.1, 0.15) is 5.75 Å². The number of aliphatic imine (C=N–C) groups is 1. The minimum Gasteiger partial charge on any atom is -0.497 e. The van der Waals surface area contributed by atoms with Gasteiger partial charge in [-0.3, -0.25) is 4.90 Å². The van der Waals surface area contributed by atoms with Crippen molar-refractivity contribution in [2.24, 2.45) is 4.99 Å². The number of rotatable bonds is 6. The molecule has 2 aliphatic rings. The molecule has 0 bridgehead atoms. The maximum Gasteiger partial charge on any atom is 0.191 e. The van der Waals surface area contributed by atoms with Crippen molar-refractivity contribution in [1.82, 2.24) is 15.5 Å². The summed E-state index contributed by atoms with van der Waals surface area (Å²) in [7, 11) is 1.68. The molecule has 1 aromatic carbocycles. The highest BCUT2D eigenvalue weighted by Gasteiger charge is 2.32. The van der Waals surface area contributed by atoms with Crippen LogP contribution in [0.4, 0.5) is 0 Å². The molecular formula is C19H31IN4O2. The van der Waals surface area contributed by atoms with Gasteiger partial charge in [-0.15, -0.1) is 24.0 Å². The summed E-state index contributed by atoms with van der Waals surface area (Å²) in [5.74, 6) is 1.71. The lowest BCUT2D eigenvalue weighted by Gasteiger charge is -2.35. The Morgan fingerprint density at radius 3 is 2.85 bits per heavy atom. The fraction of sp³-hybridized carbons (Fsp3) is 0.632. The summed E-state index contributed by atoms with van der Waals surface area (Å²) >= 11 is 0. The van der Waals surface area contributed by atoms with Crippen LogP contribution in [-0.4, -0.2) is 62.9 Å². The van der Waals surface area contributed by atoms with Crippen molar-refractivity contribution in [1.29, 1.82) is 0 Å². The van der Waals surface area contributed by atoms with E-state index in [-0.39, 0.29) is 30.1 Å². The fourth-order valence-electron chi connectivity index (χ4n) is 3.46. The summed E-state index contributed by atoms with van der Waals surface area (Å²) in [5, 5.41) is 6.73. The van der Waals surface area contributed by atoms with Gasteiger partial charge < -0.3 is 20.1 Å². The highest BCUT2D eigenvalue weighted by atomic mass is 127. The second kappa shape index (κ2) is 10.9. The summed E-state index contributed by atoms with van der Waals surface area (Å²) in [4.78, 5) is 7.24. The lowest BCUT2D eigenvalue weighted by Crippen LogP contribution is -2.51. The number of nitrogens with one attached hydrogen (secondary N) is 2. The molecular weight excluding hydrogens is 443 g/mol. The maximum atomic E-state index is 6.01. The van der Waals surface area contributed by atoms with E-state index in [0.717, 1.165) is 43.5 Å². The molecule has 2 unspecified atom stereocenters. The van der Waals surface area contributed by atoms with Crippen molar-refractivity contribution < 1.29 is 9.47 Å². The van der Waals surface area contributed by atoms with Crippen molar-refractivity contribution in [3.63, 3.8) is 0 Å². The maximum absolute atomic E-state index is 6.01. The molecule has 0 amide bonds. The zero-order valence-electron chi connectivity index (χ0n) is 15.7. The van der Waals surface area contributed by atoms with Crippen molar-refractivity contribution in [3.05, 3.63) is 29.8 Å². The smallest absolute Gasteiger partial charge is 0.191 e. The highest BCUT2D eigenvalue weighted by molar-refractivity contribution is 14.0. The third-order valence-electron chi connectivity index (χ3n) is 4.88. The van der Waals surface area contributed by atoms with Crippen LogP contribution in [-0.2, 0) is 11.3 Å². The van der Waals surface area contributed by atoms with Crippen LogP contribution in [0, 0.1) is 0 Å². The van der Waals surface area contributed by atoms with Crippen molar-refractivity contribution in [3.8, 4) is 5.75 Å². The molecule has 0 spiro atoms. The molecule has 1 aromatic rings.